The summed E-state index contributed by atoms with van der Waals surface area (Å²) in [5.41, 5.74) is -0.207. The highest BCUT2D eigenvalue weighted by atomic mass is 16.4. The standard InChI is InChI=1S/C13H22O3/c1-9(2)13(16)7-12(8-13)5-3-10(4-6-12)11(14)15/h9-10,16H,3-8H2,1-2H3,(H,14,15). The topological polar surface area (TPSA) is 57.5 Å². The summed E-state index contributed by atoms with van der Waals surface area (Å²) in [5, 5.41) is 19.2. The van der Waals surface area contributed by atoms with Crippen LogP contribution in [-0.2, 0) is 4.79 Å². The van der Waals surface area contributed by atoms with E-state index in [2.05, 4.69) is 13.8 Å². The van der Waals surface area contributed by atoms with Crippen molar-refractivity contribution < 1.29 is 15.0 Å². The third-order valence-electron chi connectivity index (χ3n) is 4.83. The van der Waals surface area contributed by atoms with Gasteiger partial charge in [0.15, 0.2) is 0 Å². The van der Waals surface area contributed by atoms with Crippen molar-refractivity contribution in [3.8, 4) is 0 Å². The summed E-state index contributed by atoms with van der Waals surface area (Å²) in [6.45, 7) is 4.13. The van der Waals surface area contributed by atoms with Gasteiger partial charge < -0.3 is 10.2 Å². The molecule has 0 amide bonds. The highest BCUT2D eigenvalue weighted by Crippen LogP contribution is 2.59. The molecule has 3 heteroatoms. The quantitative estimate of drug-likeness (QED) is 0.760. The van der Waals surface area contributed by atoms with Crippen LogP contribution in [0.2, 0.25) is 0 Å². The molecule has 2 aliphatic rings. The minimum atomic E-state index is -0.645. The summed E-state index contributed by atoms with van der Waals surface area (Å²) in [6.07, 6.45) is 5.32. The Bertz CT molecular complexity index is 280. The first-order valence-electron chi connectivity index (χ1n) is 6.32. The van der Waals surface area contributed by atoms with E-state index in [-0.39, 0.29) is 11.3 Å². The molecule has 0 bridgehead atoms. The van der Waals surface area contributed by atoms with Gasteiger partial charge in [-0.1, -0.05) is 13.8 Å². The smallest absolute Gasteiger partial charge is 0.306 e. The van der Waals surface area contributed by atoms with Crippen LogP contribution in [0.1, 0.15) is 52.4 Å². The lowest BCUT2D eigenvalue weighted by Gasteiger charge is -2.58. The number of aliphatic carboxylic acids is 1. The van der Waals surface area contributed by atoms with Crippen LogP contribution in [0.4, 0.5) is 0 Å². The largest absolute Gasteiger partial charge is 0.481 e. The van der Waals surface area contributed by atoms with Crippen LogP contribution in [0.25, 0.3) is 0 Å². The molecule has 0 aromatic heterocycles. The van der Waals surface area contributed by atoms with E-state index < -0.39 is 11.6 Å². The molecule has 0 saturated heterocycles. The van der Waals surface area contributed by atoms with Gasteiger partial charge in [-0.05, 0) is 49.9 Å². The fourth-order valence-corrected chi connectivity index (χ4v) is 3.49. The lowest BCUT2D eigenvalue weighted by atomic mass is 9.50. The Morgan fingerprint density at radius 1 is 1.25 bits per heavy atom. The predicted octanol–water partition coefficient (Wildman–Crippen LogP) is 2.43. The maximum atomic E-state index is 10.9. The average Bonchev–Trinajstić information content (AvgIpc) is 2.16. The third-order valence-corrected chi connectivity index (χ3v) is 4.83. The van der Waals surface area contributed by atoms with Crippen LogP contribution in [0.15, 0.2) is 0 Å². The van der Waals surface area contributed by atoms with Gasteiger partial charge in [0.25, 0.3) is 0 Å². The Kier molecular flexibility index (Phi) is 2.77. The van der Waals surface area contributed by atoms with Gasteiger partial charge in [-0.3, -0.25) is 4.79 Å². The molecule has 92 valence electrons. The molecule has 16 heavy (non-hydrogen) atoms. The van der Waals surface area contributed by atoms with Crippen molar-refractivity contribution in [2.24, 2.45) is 17.3 Å². The van der Waals surface area contributed by atoms with Gasteiger partial charge >= 0.3 is 5.97 Å². The second kappa shape index (κ2) is 3.73. The number of carboxylic acids is 1. The summed E-state index contributed by atoms with van der Waals surface area (Å²) in [4.78, 5) is 10.9. The number of carboxylic acid groups (broad SMARTS) is 1. The van der Waals surface area contributed by atoms with Crippen molar-refractivity contribution in [1.29, 1.82) is 0 Å². The number of hydrogen-bond donors (Lipinski definition) is 2. The number of carbonyl (C=O) groups is 1. The van der Waals surface area contributed by atoms with Crippen LogP contribution >= 0.6 is 0 Å². The van der Waals surface area contributed by atoms with Crippen LogP contribution in [-0.4, -0.2) is 21.8 Å². The third kappa shape index (κ3) is 1.86. The Labute approximate surface area is 96.9 Å². The molecule has 2 N–H and O–H groups in total. The molecular weight excluding hydrogens is 204 g/mol. The summed E-state index contributed by atoms with van der Waals surface area (Å²) < 4.78 is 0. The normalized spacial score (nSPS) is 43.4. The number of rotatable bonds is 2. The Hall–Kier alpha value is -0.570. The molecule has 0 radical (unpaired) electrons. The van der Waals surface area contributed by atoms with Crippen molar-refractivity contribution in [2.75, 3.05) is 0 Å². The van der Waals surface area contributed by atoms with E-state index in [4.69, 9.17) is 5.11 Å². The van der Waals surface area contributed by atoms with Gasteiger partial charge in [0.05, 0.1) is 11.5 Å². The van der Waals surface area contributed by atoms with Gasteiger partial charge in [-0.2, -0.15) is 0 Å². The molecular formula is C13H22O3. The van der Waals surface area contributed by atoms with E-state index in [1.54, 1.807) is 0 Å². The number of aliphatic hydroxyl groups is 1. The summed E-state index contributed by atoms with van der Waals surface area (Å²) >= 11 is 0. The maximum Gasteiger partial charge on any atom is 0.306 e. The van der Waals surface area contributed by atoms with E-state index in [9.17, 15) is 9.90 Å². The van der Waals surface area contributed by atoms with Crippen molar-refractivity contribution in [1.82, 2.24) is 0 Å². The molecule has 0 aliphatic heterocycles. The lowest BCUT2D eigenvalue weighted by Crippen LogP contribution is -2.56. The minimum Gasteiger partial charge on any atom is -0.481 e. The Morgan fingerprint density at radius 3 is 2.12 bits per heavy atom. The monoisotopic (exact) mass is 226 g/mol. The molecule has 0 heterocycles. The zero-order valence-electron chi connectivity index (χ0n) is 10.2. The molecule has 2 aliphatic carbocycles. The zero-order chi connectivity index (χ0) is 12.0. The van der Waals surface area contributed by atoms with Gasteiger partial charge in [-0.25, -0.2) is 0 Å². The summed E-state index contributed by atoms with van der Waals surface area (Å²) in [5.74, 6) is -0.470. The van der Waals surface area contributed by atoms with E-state index in [0.29, 0.717) is 5.92 Å². The highest BCUT2D eigenvalue weighted by molar-refractivity contribution is 5.70. The fourth-order valence-electron chi connectivity index (χ4n) is 3.49. The second-order valence-corrected chi connectivity index (χ2v) is 6.22. The Balaban J connectivity index is 1.90. The van der Waals surface area contributed by atoms with E-state index in [1.807, 2.05) is 0 Å². The fraction of sp³-hybridized carbons (Fsp3) is 0.923. The molecule has 0 unspecified atom stereocenters. The lowest BCUT2D eigenvalue weighted by molar-refractivity contribution is -0.175. The van der Waals surface area contributed by atoms with Crippen LogP contribution < -0.4 is 0 Å². The first kappa shape index (κ1) is 11.9. The first-order chi connectivity index (χ1) is 7.37. The maximum absolute atomic E-state index is 10.9. The second-order valence-electron chi connectivity index (χ2n) is 6.22. The van der Waals surface area contributed by atoms with Crippen molar-refractivity contribution >= 4 is 5.97 Å². The van der Waals surface area contributed by atoms with Gasteiger partial charge in [0.2, 0.25) is 0 Å². The average molecular weight is 226 g/mol. The van der Waals surface area contributed by atoms with Crippen molar-refractivity contribution in [3.05, 3.63) is 0 Å². The van der Waals surface area contributed by atoms with Crippen LogP contribution in [0.5, 0.6) is 0 Å². The van der Waals surface area contributed by atoms with E-state index in [0.717, 1.165) is 38.5 Å². The van der Waals surface area contributed by atoms with Crippen LogP contribution in [0.3, 0.4) is 0 Å². The van der Waals surface area contributed by atoms with E-state index in [1.165, 1.54) is 0 Å². The molecule has 0 aromatic rings. The summed E-state index contributed by atoms with van der Waals surface area (Å²) in [6, 6.07) is 0. The molecule has 3 nitrogen and oxygen atoms in total. The van der Waals surface area contributed by atoms with Gasteiger partial charge in [-0.15, -0.1) is 0 Å². The highest BCUT2D eigenvalue weighted by Gasteiger charge is 2.55. The van der Waals surface area contributed by atoms with Crippen LogP contribution in [0, 0.1) is 17.3 Å². The van der Waals surface area contributed by atoms with E-state index >= 15 is 0 Å². The molecule has 1 spiro atoms. The summed E-state index contributed by atoms with van der Waals surface area (Å²) in [7, 11) is 0. The molecule has 0 atom stereocenters. The zero-order valence-corrected chi connectivity index (χ0v) is 10.2. The van der Waals surface area contributed by atoms with Gasteiger partial charge in [0, 0.05) is 0 Å². The molecule has 2 rings (SSSR count). The molecule has 2 saturated carbocycles. The number of hydrogen-bond acceptors (Lipinski definition) is 2. The molecule has 2 fully saturated rings. The predicted molar refractivity (Wildman–Crippen MR) is 61.0 cm³/mol. The van der Waals surface area contributed by atoms with Crippen molar-refractivity contribution in [2.45, 2.75) is 58.0 Å². The SMILES string of the molecule is CC(C)C1(O)CC2(CCC(C(=O)O)CC2)C1. The first-order valence-corrected chi connectivity index (χ1v) is 6.32. The Morgan fingerprint density at radius 2 is 1.75 bits per heavy atom. The van der Waals surface area contributed by atoms with Crippen molar-refractivity contribution in [3.63, 3.8) is 0 Å². The molecule has 0 aromatic carbocycles. The minimum absolute atomic E-state index is 0.140. The van der Waals surface area contributed by atoms with Gasteiger partial charge in [0.1, 0.15) is 0 Å².